The first-order valence-electron chi connectivity index (χ1n) is 7.04. The summed E-state index contributed by atoms with van der Waals surface area (Å²) in [4.78, 5) is 0.854. The smallest absolute Gasteiger partial charge is 0.485 e. The van der Waals surface area contributed by atoms with Crippen LogP contribution >= 0.6 is 0 Å². The van der Waals surface area contributed by atoms with Crippen LogP contribution in [-0.4, -0.2) is 18.5 Å². The molecule has 0 bridgehead atoms. The number of pyridine rings is 1. The van der Waals surface area contributed by atoms with Gasteiger partial charge in [0.15, 0.2) is 10.1 Å². The van der Waals surface area contributed by atoms with Gasteiger partial charge in [-0.05, 0) is 12.5 Å². The first kappa shape index (κ1) is 22.8. The standard InChI is InChI=1S/C14H23FN.CHF3O3S/c1-10-8-11(13(2,3)4)16(15)12(9-10)14(5,6)7;2-1(3,4)8(5,6)7/h8-9H,1-7H3;(H,5,6,7)/q+1;/p-1. The van der Waals surface area contributed by atoms with Crippen molar-refractivity contribution in [3.8, 4) is 0 Å². The molecule has 24 heavy (non-hydrogen) atoms. The Hall–Kier alpha value is -1.22. The van der Waals surface area contributed by atoms with Crippen LogP contribution in [0, 0.1) is 6.92 Å². The molecule has 4 nitrogen and oxygen atoms in total. The number of hydrogen-bond donors (Lipinski definition) is 0. The van der Waals surface area contributed by atoms with E-state index in [2.05, 4.69) is 0 Å². The largest absolute Gasteiger partial charge is 0.741 e. The monoisotopic (exact) mass is 373 g/mol. The lowest BCUT2D eigenvalue weighted by Crippen LogP contribution is -2.43. The summed E-state index contributed by atoms with van der Waals surface area (Å²) in [6.07, 6.45) is 0. The summed E-state index contributed by atoms with van der Waals surface area (Å²) in [7, 11) is -6.09. The number of nitrogens with zero attached hydrogens (tertiary/aromatic N) is 1. The van der Waals surface area contributed by atoms with Crippen molar-refractivity contribution in [1.82, 2.24) is 0 Å². The molecule has 9 heteroatoms. The van der Waals surface area contributed by atoms with E-state index >= 15 is 0 Å². The predicted molar refractivity (Wildman–Crippen MR) is 81.0 cm³/mol. The van der Waals surface area contributed by atoms with Crippen LogP contribution in [0.2, 0.25) is 0 Å². The minimum absolute atomic E-state index is 0.180. The van der Waals surface area contributed by atoms with Crippen molar-refractivity contribution in [2.75, 3.05) is 0 Å². The average molecular weight is 373 g/mol. The molecule has 0 unspecified atom stereocenters. The number of aromatic nitrogens is 1. The maximum Gasteiger partial charge on any atom is 0.485 e. The Kier molecular flexibility index (Phi) is 6.60. The Morgan fingerprint density at radius 1 is 0.917 bits per heavy atom. The van der Waals surface area contributed by atoms with E-state index in [1.54, 1.807) is 0 Å². The van der Waals surface area contributed by atoms with Crippen molar-refractivity contribution in [3.05, 3.63) is 29.1 Å². The highest BCUT2D eigenvalue weighted by Gasteiger charge is 2.37. The molecule has 0 aromatic carbocycles. The van der Waals surface area contributed by atoms with Crippen molar-refractivity contribution in [1.29, 1.82) is 0 Å². The van der Waals surface area contributed by atoms with E-state index in [4.69, 9.17) is 13.0 Å². The predicted octanol–water partition coefficient (Wildman–Crippen LogP) is 3.66. The van der Waals surface area contributed by atoms with Crippen molar-refractivity contribution in [2.45, 2.75) is 64.8 Å². The molecule has 0 aliphatic carbocycles. The zero-order valence-electron chi connectivity index (χ0n) is 14.7. The maximum absolute atomic E-state index is 14.4. The van der Waals surface area contributed by atoms with Crippen LogP contribution in [-0.2, 0) is 20.9 Å². The van der Waals surface area contributed by atoms with Gasteiger partial charge in [0, 0.05) is 16.9 Å². The molecule has 0 saturated carbocycles. The molecule has 0 amide bonds. The molecule has 0 aliphatic heterocycles. The Morgan fingerprint density at radius 2 is 1.17 bits per heavy atom. The van der Waals surface area contributed by atoms with Crippen LogP contribution in [0.4, 0.5) is 17.7 Å². The van der Waals surface area contributed by atoms with Gasteiger partial charge in [0.05, 0.1) is 15.3 Å². The second kappa shape index (κ2) is 6.95. The molecule has 1 heterocycles. The molecule has 0 spiro atoms. The van der Waals surface area contributed by atoms with Crippen molar-refractivity contribution in [2.24, 2.45) is 0 Å². The van der Waals surface area contributed by atoms with Crippen molar-refractivity contribution in [3.63, 3.8) is 0 Å². The summed E-state index contributed by atoms with van der Waals surface area (Å²) in [5, 5.41) is 0. The fourth-order valence-electron chi connectivity index (χ4n) is 1.74. The average Bonchev–Trinajstić information content (AvgIpc) is 2.27. The number of alkyl halides is 3. The first-order valence-corrected chi connectivity index (χ1v) is 8.45. The minimum Gasteiger partial charge on any atom is -0.741 e. The number of hydrogen-bond acceptors (Lipinski definition) is 3. The summed E-state index contributed by atoms with van der Waals surface area (Å²) in [6, 6.07) is 3.85. The highest BCUT2D eigenvalue weighted by molar-refractivity contribution is 7.86. The van der Waals surface area contributed by atoms with Crippen molar-refractivity contribution < 1.29 is 35.4 Å². The molecule has 0 radical (unpaired) electrons. The Morgan fingerprint density at radius 3 is 1.33 bits per heavy atom. The molecular weight excluding hydrogens is 350 g/mol. The summed E-state index contributed by atoms with van der Waals surface area (Å²) >= 11 is 0. The molecule has 1 rings (SSSR count). The zero-order chi connectivity index (χ0) is 19.7. The third kappa shape index (κ3) is 6.35. The summed E-state index contributed by atoms with van der Waals surface area (Å²) in [5.74, 6) is 0. The lowest BCUT2D eigenvalue weighted by atomic mass is 9.86. The Labute approximate surface area is 140 Å². The fourth-order valence-corrected chi connectivity index (χ4v) is 1.74. The topological polar surface area (TPSA) is 61.1 Å². The summed E-state index contributed by atoms with van der Waals surface area (Å²) in [5.41, 5.74) is -3.42. The minimum atomic E-state index is -6.09. The molecule has 0 saturated heterocycles. The third-order valence-corrected chi connectivity index (χ3v) is 3.54. The van der Waals surface area contributed by atoms with Gasteiger partial charge in [-0.3, -0.25) is 0 Å². The lowest BCUT2D eigenvalue weighted by Gasteiger charge is -2.19. The highest BCUT2D eigenvalue weighted by Crippen LogP contribution is 2.25. The van der Waals surface area contributed by atoms with Gasteiger partial charge in [-0.15, -0.1) is 0 Å². The molecule has 0 aliphatic rings. The number of aryl methyl sites for hydroxylation is 1. The quantitative estimate of drug-likeness (QED) is 0.396. The SMILES string of the molecule is Cc1cc(C(C)(C)C)[n+](F)c(C(C)(C)C)c1.O=S(=O)([O-])C(F)(F)F. The van der Waals surface area contributed by atoms with E-state index in [1.165, 1.54) is 0 Å². The van der Waals surface area contributed by atoms with E-state index in [0.29, 0.717) is 0 Å². The molecule has 140 valence electrons. The van der Waals surface area contributed by atoms with Gasteiger partial charge in [-0.1, -0.05) is 41.5 Å². The lowest BCUT2D eigenvalue weighted by molar-refractivity contribution is -0.859. The Bertz CT molecular complexity index is 649. The van der Waals surface area contributed by atoms with Gasteiger partial charge in [-0.2, -0.15) is 13.2 Å². The number of halogens is 4. The highest BCUT2D eigenvalue weighted by atomic mass is 32.2. The number of rotatable bonds is 0. The van der Waals surface area contributed by atoms with Crippen LogP contribution in [0.15, 0.2) is 12.1 Å². The van der Waals surface area contributed by atoms with E-state index < -0.39 is 15.6 Å². The van der Waals surface area contributed by atoms with Gasteiger partial charge in [-0.25, -0.2) is 8.42 Å². The Balaban J connectivity index is 0.000000561. The van der Waals surface area contributed by atoms with Gasteiger partial charge in [0.1, 0.15) is 0 Å². The second-order valence-corrected chi connectivity index (χ2v) is 8.86. The van der Waals surface area contributed by atoms with E-state index in [9.17, 15) is 17.7 Å². The normalized spacial score (nSPS) is 13.3. The van der Waals surface area contributed by atoms with Crippen LogP contribution in [0.1, 0.15) is 58.5 Å². The fraction of sp³-hybridized carbons (Fsp3) is 0.667. The molecule has 1 aromatic heterocycles. The van der Waals surface area contributed by atoms with Crippen LogP contribution in [0.25, 0.3) is 0 Å². The molecular formula is C15H23F4NO3S. The van der Waals surface area contributed by atoms with E-state index in [0.717, 1.165) is 21.7 Å². The third-order valence-electron chi connectivity index (χ3n) is 2.97. The zero-order valence-corrected chi connectivity index (χ0v) is 15.6. The first-order chi connectivity index (χ1) is 10.3. The van der Waals surface area contributed by atoms with E-state index in [1.807, 2.05) is 60.6 Å². The molecule has 0 fully saturated rings. The second-order valence-electron chi connectivity index (χ2n) is 7.48. The van der Waals surface area contributed by atoms with Gasteiger partial charge < -0.3 is 4.55 Å². The van der Waals surface area contributed by atoms with Crippen molar-refractivity contribution >= 4 is 10.1 Å². The molecule has 0 atom stereocenters. The van der Waals surface area contributed by atoms with Crippen LogP contribution in [0.5, 0.6) is 0 Å². The summed E-state index contributed by atoms with van der Waals surface area (Å²) < 4.78 is 73.3. The summed E-state index contributed by atoms with van der Waals surface area (Å²) in [6.45, 7) is 14.2. The van der Waals surface area contributed by atoms with Gasteiger partial charge >= 0.3 is 5.51 Å². The van der Waals surface area contributed by atoms with Crippen LogP contribution < -0.4 is 4.79 Å². The molecule has 0 N–H and O–H groups in total. The van der Waals surface area contributed by atoms with Crippen LogP contribution in [0.3, 0.4) is 0 Å². The maximum atomic E-state index is 14.4. The van der Waals surface area contributed by atoms with Gasteiger partial charge in [0.25, 0.3) is 0 Å². The molecule has 1 aromatic rings. The van der Waals surface area contributed by atoms with E-state index in [-0.39, 0.29) is 10.8 Å². The van der Waals surface area contributed by atoms with Gasteiger partial charge in [0.2, 0.25) is 11.4 Å².